The molecule has 3 nitrogen and oxygen atoms in total. The third-order valence-electron chi connectivity index (χ3n) is 3.48. The molecule has 0 radical (unpaired) electrons. The van der Waals surface area contributed by atoms with Gasteiger partial charge in [0.2, 0.25) is 0 Å². The Morgan fingerprint density at radius 1 is 1.32 bits per heavy atom. The predicted molar refractivity (Wildman–Crippen MR) is 76.2 cm³/mol. The summed E-state index contributed by atoms with van der Waals surface area (Å²) < 4.78 is 5.70. The number of rotatable bonds is 6. The average molecular weight is 261 g/mol. The van der Waals surface area contributed by atoms with Crippen LogP contribution in [-0.4, -0.2) is 43.5 Å². The molecule has 1 fully saturated rings. The number of benzene rings is 1. The minimum absolute atomic E-state index is 0.268. The van der Waals surface area contributed by atoms with Gasteiger partial charge in [-0.1, -0.05) is 30.3 Å². The molecule has 104 valence electrons. The Labute approximate surface area is 115 Å². The number of likely N-dealkylation sites (N-methyl/N-ethyl adjacent to an activating group) is 1. The van der Waals surface area contributed by atoms with E-state index in [9.17, 15) is 4.79 Å². The topological polar surface area (TPSA) is 29.5 Å². The quantitative estimate of drug-likeness (QED) is 0.787. The third-order valence-corrected chi connectivity index (χ3v) is 3.48. The van der Waals surface area contributed by atoms with Crippen molar-refractivity contribution in [3.05, 3.63) is 35.9 Å². The second kappa shape index (κ2) is 7.41. The van der Waals surface area contributed by atoms with Crippen molar-refractivity contribution < 1.29 is 9.53 Å². The van der Waals surface area contributed by atoms with Crippen LogP contribution < -0.4 is 0 Å². The van der Waals surface area contributed by atoms with Gasteiger partial charge >= 0.3 is 0 Å². The Morgan fingerprint density at radius 3 is 2.79 bits per heavy atom. The van der Waals surface area contributed by atoms with Crippen LogP contribution in [0.4, 0.5) is 0 Å². The number of nitrogens with zero attached hydrogens (tertiary/aromatic N) is 1. The van der Waals surface area contributed by atoms with E-state index >= 15 is 0 Å². The van der Waals surface area contributed by atoms with Gasteiger partial charge in [0.25, 0.3) is 0 Å². The monoisotopic (exact) mass is 261 g/mol. The van der Waals surface area contributed by atoms with E-state index in [4.69, 9.17) is 4.74 Å². The molecular weight excluding hydrogens is 238 g/mol. The number of hydrogen-bond donors (Lipinski definition) is 0. The summed E-state index contributed by atoms with van der Waals surface area (Å²) in [6.45, 7) is 2.24. The summed E-state index contributed by atoms with van der Waals surface area (Å²) in [4.78, 5) is 14.1. The number of ketones is 1. The van der Waals surface area contributed by atoms with Gasteiger partial charge in [-0.25, -0.2) is 0 Å². The molecule has 19 heavy (non-hydrogen) atoms. The summed E-state index contributed by atoms with van der Waals surface area (Å²) in [5, 5.41) is 0. The first-order valence-corrected chi connectivity index (χ1v) is 7.10. The summed E-state index contributed by atoms with van der Waals surface area (Å²) >= 11 is 0. The summed E-state index contributed by atoms with van der Waals surface area (Å²) in [5.41, 5.74) is 1.09. The Hall–Kier alpha value is -1.19. The van der Waals surface area contributed by atoms with Crippen LogP contribution in [0.25, 0.3) is 0 Å². The van der Waals surface area contributed by atoms with E-state index in [1.165, 1.54) is 12.8 Å². The number of Topliss-reactive ketones (excluding diaryl/α,β-unsaturated/α-hetero) is 1. The molecule has 0 N–H and O–H groups in total. The molecule has 1 aromatic rings. The van der Waals surface area contributed by atoms with E-state index in [-0.39, 0.29) is 5.78 Å². The van der Waals surface area contributed by atoms with Gasteiger partial charge in [0.05, 0.1) is 12.6 Å². The molecule has 1 aromatic carbocycles. The van der Waals surface area contributed by atoms with Crippen LogP contribution in [0, 0.1) is 0 Å². The Kier molecular flexibility index (Phi) is 5.55. The van der Waals surface area contributed by atoms with Crippen LogP contribution in [0.3, 0.4) is 0 Å². The minimum atomic E-state index is 0.268. The van der Waals surface area contributed by atoms with Gasteiger partial charge in [-0.2, -0.15) is 0 Å². The summed E-state index contributed by atoms with van der Waals surface area (Å²) in [6, 6.07) is 9.93. The highest BCUT2D eigenvalue weighted by atomic mass is 16.5. The number of carbonyl (C=O) groups excluding carboxylic acids is 1. The molecule has 0 saturated carbocycles. The predicted octanol–water partition coefficient (Wildman–Crippen LogP) is 2.30. The molecule has 2 rings (SSSR count). The van der Waals surface area contributed by atoms with Gasteiger partial charge in [0, 0.05) is 19.6 Å². The molecule has 3 heteroatoms. The van der Waals surface area contributed by atoms with Crippen molar-refractivity contribution in [2.24, 2.45) is 0 Å². The van der Waals surface area contributed by atoms with E-state index in [0.717, 1.165) is 25.1 Å². The largest absolute Gasteiger partial charge is 0.377 e. The van der Waals surface area contributed by atoms with Crippen LogP contribution in [-0.2, 0) is 16.0 Å². The molecule has 1 atom stereocenters. The molecule has 0 aliphatic carbocycles. The zero-order valence-electron chi connectivity index (χ0n) is 11.7. The lowest BCUT2D eigenvalue weighted by atomic mass is 10.1. The Bertz CT molecular complexity index is 385. The highest BCUT2D eigenvalue weighted by molar-refractivity contribution is 5.82. The first-order valence-electron chi connectivity index (χ1n) is 7.10. The van der Waals surface area contributed by atoms with Crippen LogP contribution in [0.2, 0.25) is 0 Å². The van der Waals surface area contributed by atoms with E-state index in [2.05, 4.69) is 4.90 Å². The fraction of sp³-hybridized carbons (Fsp3) is 0.562. The Balaban J connectivity index is 1.72. The molecule has 1 aliphatic rings. The maximum absolute atomic E-state index is 12.0. The molecule has 0 bridgehead atoms. The van der Waals surface area contributed by atoms with Crippen molar-refractivity contribution in [2.45, 2.75) is 31.8 Å². The van der Waals surface area contributed by atoms with Crippen molar-refractivity contribution in [2.75, 3.05) is 26.7 Å². The fourth-order valence-corrected chi connectivity index (χ4v) is 2.54. The van der Waals surface area contributed by atoms with Gasteiger partial charge < -0.3 is 4.74 Å². The first kappa shape index (κ1) is 14.2. The lowest BCUT2D eigenvalue weighted by molar-refractivity contribution is -0.119. The maximum atomic E-state index is 12.0. The summed E-state index contributed by atoms with van der Waals surface area (Å²) in [5.74, 6) is 0.268. The summed E-state index contributed by atoms with van der Waals surface area (Å²) in [6.07, 6.45) is 4.38. The van der Waals surface area contributed by atoms with Crippen LogP contribution in [0.5, 0.6) is 0 Å². The van der Waals surface area contributed by atoms with Gasteiger partial charge in [0.15, 0.2) is 5.78 Å². The van der Waals surface area contributed by atoms with Crippen molar-refractivity contribution >= 4 is 5.78 Å². The molecule has 1 saturated heterocycles. The maximum Gasteiger partial charge on any atom is 0.151 e. The first-order chi connectivity index (χ1) is 9.24. The fourth-order valence-electron chi connectivity index (χ4n) is 2.54. The smallest absolute Gasteiger partial charge is 0.151 e. The second-order valence-electron chi connectivity index (χ2n) is 5.39. The molecule has 0 amide bonds. The normalized spacial score (nSPS) is 19.6. The minimum Gasteiger partial charge on any atom is -0.377 e. The van der Waals surface area contributed by atoms with Crippen molar-refractivity contribution in [1.82, 2.24) is 4.90 Å². The lowest BCUT2D eigenvalue weighted by Gasteiger charge is -2.27. The SMILES string of the molecule is CN(CC(=O)Cc1ccccc1)CC1CCCCO1. The number of hydrogen-bond acceptors (Lipinski definition) is 3. The Morgan fingerprint density at radius 2 is 2.11 bits per heavy atom. The molecule has 0 aromatic heterocycles. The molecule has 1 heterocycles. The summed E-state index contributed by atoms with van der Waals surface area (Å²) in [7, 11) is 2.00. The highest BCUT2D eigenvalue weighted by Gasteiger charge is 2.17. The van der Waals surface area contributed by atoms with Crippen molar-refractivity contribution in [1.29, 1.82) is 0 Å². The second-order valence-corrected chi connectivity index (χ2v) is 5.39. The van der Waals surface area contributed by atoms with Crippen molar-refractivity contribution in [3.8, 4) is 0 Å². The number of carbonyl (C=O) groups is 1. The van der Waals surface area contributed by atoms with Gasteiger partial charge in [0.1, 0.15) is 0 Å². The van der Waals surface area contributed by atoms with E-state index < -0.39 is 0 Å². The molecule has 0 spiro atoms. The zero-order chi connectivity index (χ0) is 13.5. The van der Waals surface area contributed by atoms with E-state index in [1.807, 2.05) is 37.4 Å². The standard InChI is InChI=1S/C16H23NO2/c1-17(13-16-9-5-6-10-19-16)12-15(18)11-14-7-3-2-4-8-14/h2-4,7-8,16H,5-6,9-13H2,1H3. The average Bonchev–Trinajstić information content (AvgIpc) is 2.40. The highest BCUT2D eigenvalue weighted by Crippen LogP contribution is 2.13. The van der Waals surface area contributed by atoms with Gasteiger partial charge in [-0.3, -0.25) is 9.69 Å². The van der Waals surface area contributed by atoms with E-state index in [1.54, 1.807) is 0 Å². The van der Waals surface area contributed by atoms with Gasteiger partial charge in [-0.05, 0) is 31.9 Å². The van der Waals surface area contributed by atoms with Crippen LogP contribution in [0.1, 0.15) is 24.8 Å². The zero-order valence-corrected chi connectivity index (χ0v) is 11.7. The molecule has 1 unspecified atom stereocenters. The van der Waals surface area contributed by atoms with Crippen LogP contribution in [0.15, 0.2) is 30.3 Å². The lowest BCUT2D eigenvalue weighted by Crippen LogP contribution is -2.36. The van der Waals surface area contributed by atoms with Crippen molar-refractivity contribution in [3.63, 3.8) is 0 Å². The molecular formula is C16H23NO2. The van der Waals surface area contributed by atoms with Gasteiger partial charge in [-0.15, -0.1) is 0 Å². The number of ether oxygens (including phenoxy) is 1. The van der Waals surface area contributed by atoms with Crippen LogP contribution >= 0.6 is 0 Å². The van der Waals surface area contributed by atoms with E-state index in [0.29, 0.717) is 19.1 Å². The third kappa shape index (κ3) is 5.13. The molecule has 1 aliphatic heterocycles.